The second-order valence-corrected chi connectivity index (χ2v) is 16.2. The largest absolute Gasteiger partial charge is 0.456 e. The van der Waals surface area contributed by atoms with E-state index in [4.69, 9.17) is 19.4 Å². The van der Waals surface area contributed by atoms with Gasteiger partial charge in [-0.3, -0.25) is 0 Å². The lowest BCUT2D eigenvalue weighted by atomic mass is 9.70. The van der Waals surface area contributed by atoms with Crippen LogP contribution in [0, 0.1) is 0 Å². The molecule has 2 aromatic heterocycles. The molecular formula is C58H35N3O. The van der Waals surface area contributed by atoms with Crippen LogP contribution >= 0.6 is 0 Å². The lowest BCUT2D eigenvalue weighted by Crippen LogP contribution is -2.25. The van der Waals surface area contributed by atoms with E-state index in [1.54, 1.807) is 0 Å². The first kappa shape index (κ1) is 34.6. The van der Waals surface area contributed by atoms with Gasteiger partial charge in [-0.25, -0.2) is 15.0 Å². The van der Waals surface area contributed by atoms with Crippen LogP contribution in [0.25, 0.3) is 101 Å². The van der Waals surface area contributed by atoms with E-state index in [0.717, 1.165) is 60.9 Å². The number of fused-ring (bicyclic) bond motifs is 13. The first-order chi connectivity index (χ1) is 30.7. The summed E-state index contributed by atoms with van der Waals surface area (Å²) < 4.78 is 6.23. The molecule has 2 aliphatic rings. The van der Waals surface area contributed by atoms with Crippen molar-refractivity contribution < 1.29 is 4.42 Å². The van der Waals surface area contributed by atoms with Gasteiger partial charge < -0.3 is 4.42 Å². The van der Waals surface area contributed by atoms with Gasteiger partial charge in [0.25, 0.3) is 0 Å². The van der Waals surface area contributed by atoms with E-state index < -0.39 is 5.41 Å². The Kier molecular flexibility index (Phi) is 7.49. The third-order valence-corrected chi connectivity index (χ3v) is 13.0. The Bertz CT molecular complexity index is 3540. The van der Waals surface area contributed by atoms with Gasteiger partial charge in [0.15, 0.2) is 17.5 Å². The Morgan fingerprint density at radius 3 is 1.50 bits per heavy atom. The van der Waals surface area contributed by atoms with E-state index in [1.807, 2.05) is 30.3 Å². The maximum Gasteiger partial charge on any atom is 0.164 e. The normalized spacial score (nSPS) is 13.0. The molecule has 0 radical (unpaired) electrons. The number of furan rings is 1. The quantitative estimate of drug-likeness (QED) is 0.174. The number of nitrogens with zero attached hydrogens (tertiary/aromatic N) is 3. The number of hydrogen-bond acceptors (Lipinski definition) is 4. The van der Waals surface area contributed by atoms with E-state index in [0.29, 0.717) is 17.5 Å². The molecule has 62 heavy (non-hydrogen) atoms. The van der Waals surface area contributed by atoms with E-state index in [-0.39, 0.29) is 0 Å². The van der Waals surface area contributed by atoms with Gasteiger partial charge in [-0.1, -0.05) is 194 Å². The second kappa shape index (κ2) is 13.4. The highest BCUT2D eigenvalue weighted by Gasteiger charge is 2.52. The average molecular weight is 790 g/mol. The van der Waals surface area contributed by atoms with E-state index in [1.165, 1.54) is 44.5 Å². The number of benzene rings is 9. The summed E-state index contributed by atoms with van der Waals surface area (Å²) in [6, 6.07) is 75.6. The van der Waals surface area contributed by atoms with Crippen molar-refractivity contribution in [2.75, 3.05) is 0 Å². The molecule has 0 amide bonds. The lowest BCUT2D eigenvalue weighted by Gasteiger charge is -2.30. The molecule has 9 aromatic carbocycles. The summed E-state index contributed by atoms with van der Waals surface area (Å²) in [6.07, 6.45) is 0. The van der Waals surface area contributed by atoms with E-state index >= 15 is 0 Å². The van der Waals surface area contributed by atoms with Crippen molar-refractivity contribution >= 4 is 21.9 Å². The molecule has 4 heteroatoms. The fourth-order valence-corrected chi connectivity index (χ4v) is 10.3. The van der Waals surface area contributed by atoms with Gasteiger partial charge in [-0.2, -0.15) is 0 Å². The Morgan fingerprint density at radius 1 is 0.290 bits per heavy atom. The number of rotatable bonds is 5. The molecular weight excluding hydrogens is 755 g/mol. The maximum absolute atomic E-state index is 6.23. The zero-order valence-corrected chi connectivity index (χ0v) is 33.5. The predicted molar refractivity (Wildman–Crippen MR) is 251 cm³/mol. The van der Waals surface area contributed by atoms with Gasteiger partial charge in [0.2, 0.25) is 0 Å². The van der Waals surface area contributed by atoms with Gasteiger partial charge >= 0.3 is 0 Å². The van der Waals surface area contributed by atoms with Crippen LogP contribution in [0.5, 0.6) is 0 Å². The average Bonchev–Trinajstić information content (AvgIpc) is 3.98. The van der Waals surface area contributed by atoms with Crippen LogP contribution in [0.15, 0.2) is 217 Å². The van der Waals surface area contributed by atoms with Gasteiger partial charge in [0, 0.05) is 27.5 Å². The van der Waals surface area contributed by atoms with Crippen molar-refractivity contribution in [1.29, 1.82) is 0 Å². The van der Waals surface area contributed by atoms with Crippen molar-refractivity contribution in [2.24, 2.45) is 0 Å². The smallest absolute Gasteiger partial charge is 0.164 e. The van der Waals surface area contributed by atoms with Gasteiger partial charge in [-0.15, -0.1) is 0 Å². The molecule has 0 saturated carbocycles. The molecule has 0 bridgehead atoms. The highest BCUT2D eigenvalue weighted by Crippen LogP contribution is 2.64. The Labute approximate surface area is 358 Å². The molecule has 2 heterocycles. The van der Waals surface area contributed by atoms with Gasteiger partial charge in [0.1, 0.15) is 11.2 Å². The van der Waals surface area contributed by atoms with Crippen LogP contribution in [0.3, 0.4) is 0 Å². The first-order valence-corrected chi connectivity index (χ1v) is 21.1. The van der Waals surface area contributed by atoms with Gasteiger partial charge in [0.05, 0.1) is 5.41 Å². The number of hydrogen-bond donors (Lipinski definition) is 0. The fourth-order valence-electron chi connectivity index (χ4n) is 10.3. The Balaban J connectivity index is 0.968. The molecule has 0 atom stereocenters. The summed E-state index contributed by atoms with van der Waals surface area (Å²) in [5.41, 5.74) is 18.9. The summed E-state index contributed by atoms with van der Waals surface area (Å²) >= 11 is 0. The molecule has 1 spiro atoms. The summed E-state index contributed by atoms with van der Waals surface area (Å²) in [5.74, 6) is 1.87. The minimum absolute atomic E-state index is 0.436. The lowest BCUT2D eigenvalue weighted by molar-refractivity contribution is 0.669. The molecule has 11 aromatic rings. The third-order valence-electron chi connectivity index (χ3n) is 13.0. The standard InChI is InChI=1S/C58H35N3O/c1-2-15-37(16-3-1)55-59-56(38-31-29-36(30-32-38)39-33-34-44-43-20-9-13-28-52(43)62-53(44)35-39)61-57(60-55)46-21-5-4-17-40(46)45-23-14-27-51-54(45)47-22-8-12-26-50(47)58(51)48-24-10-6-18-41(48)42-19-7-11-25-49(42)58/h1-35H. The monoisotopic (exact) mass is 789 g/mol. The van der Waals surface area contributed by atoms with Crippen LogP contribution in [0.1, 0.15) is 22.3 Å². The zero-order valence-electron chi connectivity index (χ0n) is 33.5. The van der Waals surface area contributed by atoms with E-state index in [9.17, 15) is 0 Å². The SMILES string of the molecule is c1ccc(-c2nc(-c3ccc(-c4ccc5c(c4)oc4ccccc45)cc3)nc(-c3ccccc3-c3cccc4c3-c3ccccc3C43c4ccccc4-c4ccccc43)n2)cc1. The maximum atomic E-state index is 6.23. The summed E-state index contributed by atoms with van der Waals surface area (Å²) in [4.78, 5) is 15.6. The minimum Gasteiger partial charge on any atom is -0.456 e. The highest BCUT2D eigenvalue weighted by atomic mass is 16.3. The van der Waals surface area contributed by atoms with Crippen LogP contribution in [-0.2, 0) is 5.41 Å². The molecule has 0 fully saturated rings. The van der Waals surface area contributed by atoms with Crippen molar-refractivity contribution in [3.8, 4) is 78.7 Å². The molecule has 288 valence electrons. The predicted octanol–water partition coefficient (Wildman–Crippen LogP) is 14.4. The number of aromatic nitrogens is 3. The Morgan fingerprint density at radius 2 is 0.774 bits per heavy atom. The fraction of sp³-hybridized carbons (Fsp3) is 0.0172. The van der Waals surface area contributed by atoms with E-state index in [2.05, 4.69) is 182 Å². The first-order valence-electron chi connectivity index (χ1n) is 21.1. The van der Waals surface area contributed by atoms with Crippen LogP contribution in [0.2, 0.25) is 0 Å². The molecule has 0 saturated heterocycles. The minimum atomic E-state index is -0.436. The molecule has 0 aliphatic heterocycles. The summed E-state index contributed by atoms with van der Waals surface area (Å²) in [5, 5.41) is 2.24. The number of para-hydroxylation sites is 1. The van der Waals surface area contributed by atoms with Crippen molar-refractivity contribution in [1.82, 2.24) is 15.0 Å². The summed E-state index contributed by atoms with van der Waals surface area (Å²) in [6.45, 7) is 0. The molecule has 0 unspecified atom stereocenters. The topological polar surface area (TPSA) is 51.8 Å². The van der Waals surface area contributed by atoms with Crippen LogP contribution in [-0.4, -0.2) is 15.0 Å². The highest BCUT2D eigenvalue weighted by molar-refractivity contribution is 6.06. The third kappa shape index (κ3) is 4.98. The van der Waals surface area contributed by atoms with Crippen molar-refractivity contribution in [3.63, 3.8) is 0 Å². The van der Waals surface area contributed by atoms with Crippen LogP contribution < -0.4 is 0 Å². The van der Waals surface area contributed by atoms with Crippen LogP contribution in [0.4, 0.5) is 0 Å². The Hall–Kier alpha value is -8.21. The second-order valence-electron chi connectivity index (χ2n) is 16.2. The molecule has 13 rings (SSSR count). The molecule has 4 nitrogen and oxygen atoms in total. The van der Waals surface area contributed by atoms with Gasteiger partial charge in [-0.05, 0) is 85.0 Å². The molecule has 2 aliphatic carbocycles. The van der Waals surface area contributed by atoms with Crippen molar-refractivity contribution in [2.45, 2.75) is 5.41 Å². The zero-order chi connectivity index (χ0) is 40.8. The summed E-state index contributed by atoms with van der Waals surface area (Å²) in [7, 11) is 0. The molecule has 0 N–H and O–H groups in total. The van der Waals surface area contributed by atoms with Crippen molar-refractivity contribution in [3.05, 3.63) is 235 Å².